The number of benzene rings is 2. The second-order valence-corrected chi connectivity index (χ2v) is 9.48. The zero-order chi connectivity index (χ0) is 27.1. The Morgan fingerprint density at radius 1 is 0.838 bits per heavy atom. The molecule has 200 valence electrons. The number of aliphatic hydroxyl groups is 1. The van der Waals surface area contributed by atoms with Crippen molar-refractivity contribution in [2.24, 2.45) is 11.8 Å². The van der Waals surface area contributed by atoms with Gasteiger partial charge in [-0.25, -0.2) is 0 Å². The molecule has 0 bridgehead atoms. The summed E-state index contributed by atoms with van der Waals surface area (Å²) < 4.78 is 10.2. The molecule has 4 rings (SSSR count). The maximum absolute atomic E-state index is 11.9. The lowest BCUT2D eigenvalue weighted by Gasteiger charge is -2.25. The van der Waals surface area contributed by atoms with Crippen LogP contribution in [0.3, 0.4) is 0 Å². The molecule has 2 amide bonds. The number of likely N-dealkylation sites (tertiary alicyclic amines) is 2. The third-order valence-corrected chi connectivity index (χ3v) is 7.14. The summed E-state index contributed by atoms with van der Waals surface area (Å²) in [6.45, 7) is 4.92. The Bertz CT molecular complexity index is 1070. The second-order valence-electron chi connectivity index (χ2n) is 9.48. The number of carbonyl (C=O) groups excluding carboxylic acids is 2. The van der Waals surface area contributed by atoms with Crippen molar-refractivity contribution in [2.75, 3.05) is 33.9 Å². The number of carbonyl (C=O) groups is 3. The van der Waals surface area contributed by atoms with Crippen molar-refractivity contribution in [3.05, 3.63) is 59.7 Å². The number of aliphatic carboxylic acids is 1. The number of rotatable bonds is 8. The van der Waals surface area contributed by atoms with E-state index in [0.29, 0.717) is 13.0 Å². The number of hydrogen-bond acceptors (Lipinski definition) is 6. The van der Waals surface area contributed by atoms with Gasteiger partial charge in [-0.1, -0.05) is 24.3 Å². The summed E-state index contributed by atoms with van der Waals surface area (Å²) in [6, 6.07) is 15.1. The van der Waals surface area contributed by atoms with Gasteiger partial charge in [0, 0.05) is 38.5 Å². The van der Waals surface area contributed by atoms with Gasteiger partial charge >= 0.3 is 5.97 Å². The van der Waals surface area contributed by atoms with Gasteiger partial charge in [0.2, 0.25) is 11.8 Å². The summed E-state index contributed by atoms with van der Waals surface area (Å²) in [5.74, 6) is 0.177. The lowest BCUT2D eigenvalue weighted by molar-refractivity contribution is -0.141. The summed E-state index contributed by atoms with van der Waals surface area (Å²) >= 11 is 0. The van der Waals surface area contributed by atoms with E-state index in [1.165, 1.54) is 0 Å². The van der Waals surface area contributed by atoms with E-state index in [0.717, 1.165) is 22.6 Å². The number of carboxylic acids is 1. The van der Waals surface area contributed by atoms with E-state index in [9.17, 15) is 14.4 Å². The molecule has 2 heterocycles. The molecule has 0 aromatic heterocycles. The molecule has 2 aliphatic heterocycles. The van der Waals surface area contributed by atoms with Crippen molar-refractivity contribution in [1.29, 1.82) is 0 Å². The molecular weight excluding hydrogens is 476 g/mol. The van der Waals surface area contributed by atoms with Gasteiger partial charge in [-0.15, -0.1) is 0 Å². The van der Waals surface area contributed by atoms with Crippen LogP contribution in [0.2, 0.25) is 0 Å². The average Bonchev–Trinajstić information content (AvgIpc) is 3.50. The van der Waals surface area contributed by atoms with E-state index in [4.69, 9.17) is 19.7 Å². The molecular formula is C28H36N2O7. The number of nitrogens with zero attached hydrogens (tertiary/aromatic N) is 2. The number of amides is 2. The molecule has 4 atom stereocenters. The van der Waals surface area contributed by atoms with Crippen LogP contribution in [0, 0.1) is 11.8 Å². The fourth-order valence-corrected chi connectivity index (χ4v) is 4.70. The van der Waals surface area contributed by atoms with E-state index < -0.39 is 11.9 Å². The van der Waals surface area contributed by atoms with E-state index >= 15 is 0 Å². The monoisotopic (exact) mass is 512 g/mol. The van der Waals surface area contributed by atoms with Crippen molar-refractivity contribution in [3.63, 3.8) is 0 Å². The first-order valence-electron chi connectivity index (χ1n) is 12.4. The number of ether oxygens (including phenoxy) is 2. The number of hydrogen-bond donors (Lipinski definition) is 2. The molecule has 2 fully saturated rings. The molecule has 0 radical (unpaired) electrons. The smallest absolute Gasteiger partial charge is 0.308 e. The summed E-state index contributed by atoms with van der Waals surface area (Å²) in [5, 5.41) is 18.1. The number of aliphatic hydroxyl groups excluding tert-OH is 1. The van der Waals surface area contributed by atoms with Crippen LogP contribution in [-0.4, -0.2) is 71.7 Å². The average molecular weight is 513 g/mol. The fraction of sp³-hybridized carbons (Fsp3) is 0.464. The molecule has 2 aliphatic rings. The van der Waals surface area contributed by atoms with Gasteiger partial charge in [-0.2, -0.15) is 0 Å². The summed E-state index contributed by atoms with van der Waals surface area (Å²) in [4.78, 5) is 38.1. The van der Waals surface area contributed by atoms with E-state index in [1.54, 1.807) is 19.1 Å². The van der Waals surface area contributed by atoms with Gasteiger partial charge in [0.15, 0.2) is 0 Å². The largest absolute Gasteiger partial charge is 0.497 e. The van der Waals surface area contributed by atoms with Crippen LogP contribution >= 0.6 is 0 Å². The summed E-state index contributed by atoms with van der Waals surface area (Å²) in [6.07, 6.45) is 0.548. The highest BCUT2D eigenvalue weighted by Gasteiger charge is 2.37. The van der Waals surface area contributed by atoms with Crippen molar-refractivity contribution in [3.8, 4) is 11.5 Å². The van der Waals surface area contributed by atoms with E-state index in [-0.39, 0.29) is 49.4 Å². The highest BCUT2D eigenvalue weighted by atomic mass is 16.5. The Labute approximate surface area is 217 Å². The number of methoxy groups -OCH3 is 2. The zero-order valence-electron chi connectivity index (χ0n) is 21.8. The Morgan fingerprint density at radius 2 is 1.27 bits per heavy atom. The van der Waals surface area contributed by atoms with Crippen LogP contribution in [0.5, 0.6) is 11.5 Å². The van der Waals surface area contributed by atoms with Gasteiger partial charge < -0.3 is 29.5 Å². The standard InChI is InChI=1S/C14H17NO4.C14H19NO3/c1-9(10-3-5-12(19-2)6-4-10)15-8-11(14(17)18)7-13(15)16;1-10(12-3-5-13(18-2)6-4-12)15-8-11(9-16)7-14(15)17/h3-6,9,11H,7-8H2,1-2H3,(H,17,18);3-6,10-11,16H,7-9H2,1-2H3/t9-,11-;10-,11-/m11/s1. The summed E-state index contributed by atoms with van der Waals surface area (Å²) in [5.41, 5.74) is 2.06. The first-order chi connectivity index (χ1) is 17.7. The topological polar surface area (TPSA) is 117 Å². The second kappa shape index (κ2) is 12.6. The molecule has 2 aromatic carbocycles. The van der Waals surface area contributed by atoms with Gasteiger partial charge in [0.25, 0.3) is 0 Å². The van der Waals surface area contributed by atoms with Crippen LogP contribution in [0.25, 0.3) is 0 Å². The van der Waals surface area contributed by atoms with Crippen LogP contribution < -0.4 is 9.47 Å². The predicted octanol–water partition coefficient (Wildman–Crippen LogP) is 3.29. The van der Waals surface area contributed by atoms with E-state index in [1.807, 2.05) is 67.3 Å². The SMILES string of the molecule is COc1ccc([C@@H](C)N2C[C@H](C(=O)O)CC2=O)cc1.COc1ccc([C@@H](C)N2C[C@H](CO)CC2=O)cc1. The molecule has 9 nitrogen and oxygen atoms in total. The molecule has 0 aliphatic carbocycles. The van der Waals surface area contributed by atoms with Crippen LogP contribution in [0.1, 0.15) is 49.9 Å². The Morgan fingerprint density at radius 3 is 1.62 bits per heavy atom. The van der Waals surface area contributed by atoms with Gasteiger partial charge in [0.05, 0.1) is 32.2 Å². The van der Waals surface area contributed by atoms with Crippen molar-refractivity contribution >= 4 is 17.8 Å². The third-order valence-electron chi connectivity index (χ3n) is 7.14. The van der Waals surface area contributed by atoms with Crippen molar-refractivity contribution < 1.29 is 34.1 Å². The maximum Gasteiger partial charge on any atom is 0.308 e. The molecule has 2 N–H and O–H groups in total. The maximum atomic E-state index is 11.9. The van der Waals surface area contributed by atoms with Crippen LogP contribution in [-0.2, 0) is 14.4 Å². The van der Waals surface area contributed by atoms with Crippen LogP contribution in [0.4, 0.5) is 0 Å². The Kier molecular flexibility index (Phi) is 9.52. The molecule has 0 saturated carbocycles. The minimum Gasteiger partial charge on any atom is -0.497 e. The Balaban J connectivity index is 0.000000206. The molecule has 0 unspecified atom stereocenters. The summed E-state index contributed by atoms with van der Waals surface area (Å²) in [7, 11) is 3.23. The normalized spacial score (nSPS) is 20.8. The zero-order valence-corrected chi connectivity index (χ0v) is 21.8. The predicted molar refractivity (Wildman–Crippen MR) is 137 cm³/mol. The van der Waals surface area contributed by atoms with Gasteiger partial charge in [0.1, 0.15) is 11.5 Å². The lowest BCUT2D eigenvalue weighted by atomic mass is 10.1. The molecule has 2 aromatic rings. The molecule has 0 spiro atoms. The van der Waals surface area contributed by atoms with Crippen molar-refractivity contribution in [2.45, 2.75) is 38.8 Å². The van der Waals surface area contributed by atoms with Crippen LogP contribution in [0.15, 0.2) is 48.5 Å². The minimum absolute atomic E-state index is 0.0416. The fourth-order valence-electron chi connectivity index (χ4n) is 4.70. The highest BCUT2D eigenvalue weighted by molar-refractivity contribution is 5.86. The van der Waals surface area contributed by atoms with Crippen molar-refractivity contribution in [1.82, 2.24) is 9.80 Å². The third kappa shape index (κ3) is 6.80. The lowest BCUT2D eigenvalue weighted by Crippen LogP contribution is -2.29. The first-order valence-corrected chi connectivity index (χ1v) is 12.4. The quantitative estimate of drug-likeness (QED) is 0.558. The minimum atomic E-state index is -0.905. The number of carboxylic acid groups (broad SMARTS) is 1. The molecule has 37 heavy (non-hydrogen) atoms. The van der Waals surface area contributed by atoms with Gasteiger partial charge in [-0.3, -0.25) is 14.4 Å². The molecule has 9 heteroatoms. The molecule has 2 saturated heterocycles. The highest BCUT2D eigenvalue weighted by Crippen LogP contribution is 2.30. The Hall–Kier alpha value is -3.59. The first kappa shape index (κ1) is 28.0. The van der Waals surface area contributed by atoms with Gasteiger partial charge in [-0.05, 0) is 49.2 Å². The van der Waals surface area contributed by atoms with E-state index in [2.05, 4.69) is 0 Å².